The molecule has 0 bridgehead atoms. The molecule has 1 atom stereocenters. The van der Waals surface area contributed by atoms with Gasteiger partial charge in [0, 0.05) is 11.6 Å². The van der Waals surface area contributed by atoms with E-state index in [9.17, 15) is 9.59 Å². The van der Waals surface area contributed by atoms with Gasteiger partial charge in [-0.3, -0.25) is 9.59 Å². The topological polar surface area (TPSA) is 55.4 Å². The van der Waals surface area contributed by atoms with Gasteiger partial charge in [-0.05, 0) is 44.4 Å². The Hall–Kier alpha value is -1.55. The lowest BCUT2D eigenvalue weighted by atomic mass is 10.1. The van der Waals surface area contributed by atoms with Gasteiger partial charge in [0.15, 0.2) is 11.9 Å². The van der Waals surface area contributed by atoms with Crippen LogP contribution < -0.4 is 10.1 Å². The molecule has 1 aromatic carbocycles. The van der Waals surface area contributed by atoms with Gasteiger partial charge in [0.05, 0.1) is 5.56 Å². The monoisotopic (exact) mass is 281 g/mol. The van der Waals surface area contributed by atoms with E-state index in [1.807, 2.05) is 0 Å². The number of amides is 1. The van der Waals surface area contributed by atoms with Gasteiger partial charge in [-0.15, -0.1) is 0 Å². The highest BCUT2D eigenvalue weighted by molar-refractivity contribution is 6.31. The Morgan fingerprint density at radius 2 is 2.21 bits per heavy atom. The lowest BCUT2D eigenvalue weighted by Crippen LogP contribution is -2.36. The molecule has 1 heterocycles. The van der Waals surface area contributed by atoms with Gasteiger partial charge >= 0.3 is 0 Å². The van der Waals surface area contributed by atoms with E-state index < -0.39 is 6.10 Å². The average molecular weight is 282 g/mol. The normalized spacial score (nSPS) is 19.5. The Bertz CT molecular complexity index is 501. The predicted octanol–water partition coefficient (Wildman–Crippen LogP) is 2.59. The quantitative estimate of drug-likeness (QED) is 0.867. The molecule has 1 aliphatic heterocycles. The van der Waals surface area contributed by atoms with E-state index in [2.05, 4.69) is 5.32 Å². The molecule has 1 aliphatic rings. The molecule has 0 saturated carbocycles. The first-order valence-electron chi connectivity index (χ1n) is 6.33. The number of nitrogens with one attached hydrogen (secondary N) is 1. The Morgan fingerprint density at radius 1 is 1.42 bits per heavy atom. The van der Waals surface area contributed by atoms with Crippen molar-refractivity contribution in [3.63, 3.8) is 0 Å². The number of halogens is 1. The van der Waals surface area contributed by atoms with E-state index in [1.165, 1.54) is 6.92 Å². The van der Waals surface area contributed by atoms with Crippen molar-refractivity contribution in [2.24, 2.45) is 0 Å². The van der Waals surface area contributed by atoms with Crippen LogP contribution in [0.15, 0.2) is 18.2 Å². The van der Waals surface area contributed by atoms with E-state index in [0.717, 1.165) is 12.8 Å². The zero-order valence-electron chi connectivity index (χ0n) is 10.7. The van der Waals surface area contributed by atoms with Crippen molar-refractivity contribution in [1.82, 2.24) is 5.32 Å². The van der Waals surface area contributed by atoms with E-state index in [4.69, 9.17) is 16.3 Å². The zero-order chi connectivity index (χ0) is 13.8. The van der Waals surface area contributed by atoms with Gasteiger partial charge in [-0.2, -0.15) is 0 Å². The number of ketones is 1. The summed E-state index contributed by atoms with van der Waals surface area (Å²) in [5.74, 6) is 0.160. The highest BCUT2D eigenvalue weighted by Gasteiger charge is 2.23. The summed E-state index contributed by atoms with van der Waals surface area (Å²) in [4.78, 5) is 23.4. The maximum atomic E-state index is 11.8. The molecular formula is C14H16ClNO3. The minimum absolute atomic E-state index is 0.123. The van der Waals surface area contributed by atoms with Crippen molar-refractivity contribution in [2.45, 2.75) is 32.3 Å². The fourth-order valence-electron chi connectivity index (χ4n) is 2.06. The molecule has 1 fully saturated rings. The summed E-state index contributed by atoms with van der Waals surface area (Å²) in [6, 6.07) is 4.85. The van der Waals surface area contributed by atoms with Crippen LogP contribution in [0.1, 0.15) is 36.5 Å². The van der Waals surface area contributed by atoms with Crippen LogP contribution >= 0.6 is 11.6 Å². The standard InChI is InChI=1S/C14H16ClNO3/c1-9(17)11-8-10(15)5-6-12(11)19-13-4-2-3-7-16-14(13)18/h5-6,8,13H,2-4,7H2,1H3,(H,16,18). The van der Waals surface area contributed by atoms with Crippen LogP contribution in [-0.4, -0.2) is 24.3 Å². The van der Waals surface area contributed by atoms with Crippen molar-refractivity contribution < 1.29 is 14.3 Å². The SMILES string of the molecule is CC(=O)c1cc(Cl)ccc1OC1CCCCNC1=O. The minimum Gasteiger partial charge on any atom is -0.480 e. The number of carbonyl (C=O) groups is 2. The number of ether oxygens (including phenoxy) is 1. The number of Topliss-reactive ketones (excluding diaryl/α,β-unsaturated/α-hetero) is 1. The second-order valence-electron chi connectivity index (χ2n) is 4.59. The molecule has 1 saturated heterocycles. The van der Waals surface area contributed by atoms with Gasteiger partial charge in [-0.1, -0.05) is 11.6 Å². The van der Waals surface area contributed by atoms with Crippen molar-refractivity contribution in [3.8, 4) is 5.75 Å². The molecule has 102 valence electrons. The van der Waals surface area contributed by atoms with Crippen molar-refractivity contribution >= 4 is 23.3 Å². The van der Waals surface area contributed by atoms with Gasteiger partial charge in [0.1, 0.15) is 5.75 Å². The molecule has 0 spiro atoms. The van der Waals surface area contributed by atoms with Gasteiger partial charge in [0.2, 0.25) is 0 Å². The van der Waals surface area contributed by atoms with Crippen molar-refractivity contribution in [3.05, 3.63) is 28.8 Å². The molecule has 1 N–H and O–H groups in total. The van der Waals surface area contributed by atoms with Crippen LogP contribution in [0, 0.1) is 0 Å². The smallest absolute Gasteiger partial charge is 0.261 e. The summed E-state index contributed by atoms with van der Waals surface area (Å²) >= 11 is 5.87. The van der Waals surface area contributed by atoms with E-state index in [1.54, 1.807) is 18.2 Å². The van der Waals surface area contributed by atoms with E-state index >= 15 is 0 Å². The lowest BCUT2D eigenvalue weighted by Gasteiger charge is -2.17. The first-order valence-corrected chi connectivity index (χ1v) is 6.70. The number of hydrogen-bond acceptors (Lipinski definition) is 3. The highest BCUT2D eigenvalue weighted by Crippen LogP contribution is 2.25. The molecule has 1 aromatic rings. The Morgan fingerprint density at radius 3 is 2.95 bits per heavy atom. The fourth-order valence-corrected chi connectivity index (χ4v) is 2.23. The number of carbonyl (C=O) groups excluding carboxylic acids is 2. The summed E-state index contributed by atoms with van der Waals surface area (Å²) in [5.41, 5.74) is 0.407. The molecule has 4 nitrogen and oxygen atoms in total. The van der Waals surface area contributed by atoms with Crippen LogP contribution in [-0.2, 0) is 4.79 Å². The third kappa shape index (κ3) is 3.47. The first-order chi connectivity index (χ1) is 9.08. The van der Waals surface area contributed by atoms with Crippen LogP contribution in [0.4, 0.5) is 0 Å². The van der Waals surface area contributed by atoms with Gasteiger partial charge in [-0.25, -0.2) is 0 Å². The molecule has 0 radical (unpaired) electrons. The molecule has 2 rings (SSSR count). The van der Waals surface area contributed by atoms with Crippen LogP contribution in [0.5, 0.6) is 5.75 Å². The maximum Gasteiger partial charge on any atom is 0.261 e. The van der Waals surface area contributed by atoms with Gasteiger partial charge in [0.25, 0.3) is 5.91 Å². The summed E-state index contributed by atoms with van der Waals surface area (Å²) < 4.78 is 5.70. The lowest BCUT2D eigenvalue weighted by molar-refractivity contribution is -0.127. The summed E-state index contributed by atoms with van der Waals surface area (Å²) in [5, 5.41) is 3.27. The Kier molecular flexibility index (Phi) is 4.43. The number of rotatable bonds is 3. The van der Waals surface area contributed by atoms with E-state index in [-0.39, 0.29) is 11.7 Å². The number of benzene rings is 1. The average Bonchev–Trinajstić information content (AvgIpc) is 2.57. The molecule has 1 amide bonds. The third-order valence-electron chi connectivity index (χ3n) is 3.07. The largest absolute Gasteiger partial charge is 0.480 e. The van der Waals surface area contributed by atoms with Crippen molar-refractivity contribution in [2.75, 3.05) is 6.54 Å². The van der Waals surface area contributed by atoms with Crippen LogP contribution in [0.2, 0.25) is 5.02 Å². The number of hydrogen-bond donors (Lipinski definition) is 1. The zero-order valence-corrected chi connectivity index (χ0v) is 11.5. The Labute approximate surface area is 117 Å². The van der Waals surface area contributed by atoms with Gasteiger partial charge < -0.3 is 10.1 Å². The van der Waals surface area contributed by atoms with Crippen LogP contribution in [0.25, 0.3) is 0 Å². The second-order valence-corrected chi connectivity index (χ2v) is 5.03. The highest BCUT2D eigenvalue weighted by atomic mass is 35.5. The fraction of sp³-hybridized carbons (Fsp3) is 0.429. The Balaban J connectivity index is 2.22. The summed E-state index contributed by atoms with van der Waals surface area (Å²) in [6.07, 6.45) is 1.99. The second kappa shape index (κ2) is 6.06. The summed E-state index contributed by atoms with van der Waals surface area (Å²) in [7, 11) is 0. The molecular weight excluding hydrogens is 266 g/mol. The third-order valence-corrected chi connectivity index (χ3v) is 3.31. The van der Waals surface area contributed by atoms with Crippen LogP contribution in [0.3, 0.4) is 0 Å². The minimum atomic E-state index is -0.540. The molecule has 0 aliphatic carbocycles. The predicted molar refractivity (Wildman–Crippen MR) is 72.7 cm³/mol. The van der Waals surface area contributed by atoms with E-state index in [0.29, 0.717) is 29.3 Å². The first kappa shape index (κ1) is 13.9. The summed E-state index contributed by atoms with van der Waals surface area (Å²) in [6.45, 7) is 2.13. The molecule has 0 aromatic heterocycles. The molecule has 5 heteroatoms. The molecule has 19 heavy (non-hydrogen) atoms. The van der Waals surface area contributed by atoms with Crippen molar-refractivity contribution in [1.29, 1.82) is 0 Å². The maximum absolute atomic E-state index is 11.8. The molecule has 1 unspecified atom stereocenters.